The molecule has 35 heavy (non-hydrogen) atoms. The predicted octanol–water partition coefficient (Wildman–Crippen LogP) is 4.48. The molecule has 1 N–H and O–H groups in total. The van der Waals surface area contributed by atoms with Crippen LogP contribution in [0, 0.1) is 62.0 Å². The SMILES string of the molecule is CC(=O)COc1cc[c-]cc1Oc1cc(-n2c(=N)cc(C(F)(F)F)n(C)c2=O)c(F)cc1Cl.[CH3-].[Er]. The molecule has 0 aliphatic rings. The van der Waals surface area contributed by atoms with Crippen LogP contribution in [0.2, 0.25) is 5.02 Å². The molecule has 13 heteroatoms. The molecule has 0 saturated heterocycles. The second kappa shape index (κ2) is 12.1. The standard InChI is InChI=1S/C21H15ClF4N3O4.CH3.Er/c1-11(30)10-32-15-5-3-4-6-16(15)33-17-8-14(13(23)7-12(17)22)29-19(27)9-18(21(24,25)26)28(2)20(29)31;;/h3,5-9,27H,10H2,1-2H3;1H3;/q2*-1;. The molecule has 0 saturated carbocycles. The number of nitrogens with zero attached hydrogens (tertiary/aromatic N) is 2. The molecule has 0 amide bonds. The van der Waals surface area contributed by atoms with Crippen LogP contribution >= 0.6 is 11.6 Å². The van der Waals surface area contributed by atoms with Gasteiger partial charge in [-0.3, -0.25) is 14.8 Å². The van der Waals surface area contributed by atoms with E-state index in [1.165, 1.54) is 25.1 Å². The van der Waals surface area contributed by atoms with E-state index >= 15 is 0 Å². The molecule has 0 atom stereocenters. The molecular weight excluding hydrogens is 649 g/mol. The monoisotopic (exact) mass is 665 g/mol. The van der Waals surface area contributed by atoms with Gasteiger partial charge in [-0.05, 0) is 13.0 Å². The van der Waals surface area contributed by atoms with Crippen molar-refractivity contribution in [2.75, 3.05) is 6.61 Å². The Balaban J connectivity index is 0.00000306. The van der Waals surface area contributed by atoms with Gasteiger partial charge in [-0.25, -0.2) is 13.8 Å². The predicted molar refractivity (Wildman–Crippen MR) is 115 cm³/mol. The maximum absolute atomic E-state index is 14.7. The molecule has 0 aliphatic heterocycles. The zero-order valence-electron chi connectivity index (χ0n) is 18.4. The number of nitrogens with one attached hydrogen (secondary N) is 1. The first-order chi connectivity index (χ1) is 15.4. The maximum atomic E-state index is 14.7. The summed E-state index contributed by atoms with van der Waals surface area (Å²) >= 11 is 6.06. The Labute approximate surface area is 232 Å². The molecule has 2 aromatic carbocycles. The van der Waals surface area contributed by atoms with Crippen LogP contribution in [0.15, 0.2) is 41.2 Å². The summed E-state index contributed by atoms with van der Waals surface area (Å²) in [6.07, 6.45) is -4.89. The van der Waals surface area contributed by atoms with Crippen LogP contribution in [0.25, 0.3) is 5.69 Å². The molecule has 0 fully saturated rings. The average Bonchev–Trinajstić information content (AvgIpc) is 2.72. The van der Waals surface area contributed by atoms with E-state index in [9.17, 15) is 27.2 Å². The van der Waals surface area contributed by atoms with Crippen molar-refractivity contribution < 1.29 is 69.1 Å². The Morgan fingerprint density at radius 2 is 1.86 bits per heavy atom. The summed E-state index contributed by atoms with van der Waals surface area (Å²) in [5, 5.41) is 7.66. The maximum Gasteiger partial charge on any atom is 0.431 e. The second-order valence-corrected chi connectivity index (χ2v) is 7.20. The van der Waals surface area contributed by atoms with E-state index < -0.39 is 34.6 Å². The zero-order chi connectivity index (χ0) is 24.5. The van der Waals surface area contributed by atoms with Gasteiger partial charge in [0.1, 0.15) is 29.4 Å². The normalized spacial score (nSPS) is 10.7. The van der Waals surface area contributed by atoms with E-state index in [0.717, 1.165) is 19.2 Å². The van der Waals surface area contributed by atoms with Crippen LogP contribution in [-0.4, -0.2) is 21.5 Å². The first-order valence-electron chi connectivity index (χ1n) is 9.14. The molecule has 3 aromatic rings. The smallest absolute Gasteiger partial charge is 0.431 e. The molecular formula is C22H18ClErF4N3O4-2. The zero-order valence-corrected chi connectivity index (χ0v) is 21.0. The fourth-order valence-corrected chi connectivity index (χ4v) is 3.01. The third-order valence-electron chi connectivity index (χ3n) is 4.33. The molecule has 0 aliphatic carbocycles. The van der Waals surface area contributed by atoms with E-state index in [2.05, 4.69) is 6.07 Å². The number of alkyl halides is 3. The number of ketones is 1. The molecule has 0 spiro atoms. The number of benzene rings is 2. The quantitative estimate of drug-likeness (QED) is 0.311. The van der Waals surface area contributed by atoms with Gasteiger partial charge in [0.2, 0.25) is 0 Å². The van der Waals surface area contributed by atoms with Crippen molar-refractivity contribution in [1.29, 1.82) is 5.41 Å². The summed E-state index contributed by atoms with van der Waals surface area (Å²) in [6.45, 7) is 1.07. The van der Waals surface area contributed by atoms with Gasteiger partial charge in [0, 0.05) is 56.5 Å². The summed E-state index contributed by atoms with van der Waals surface area (Å²) in [5.41, 5.74) is -4.14. The van der Waals surface area contributed by atoms with Gasteiger partial charge in [-0.15, -0.1) is 12.1 Å². The number of hydrogen-bond donors (Lipinski definition) is 1. The van der Waals surface area contributed by atoms with Gasteiger partial charge in [-0.1, -0.05) is 11.6 Å². The minimum absolute atomic E-state index is 0. The molecule has 0 radical (unpaired) electrons. The molecule has 1 aromatic heterocycles. The Hall–Kier alpha value is -2.35. The Morgan fingerprint density at radius 1 is 1.20 bits per heavy atom. The largest absolute Gasteiger partial charge is 0.511 e. The number of carbonyl (C=O) groups excluding carboxylic acids is 1. The Morgan fingerprint density at radius 3 is 2.46 bits per heavy atom. The van der Waals surface area contributed by atoms with E-state index in [1.54, 1.807) is 0 Å². The number of carbonyl (C=O) groups is 1. The van der Waals surface area contributed by atoms with Crippen molar-refractivity contribution >= 4 is 17.4 Å². The Bertz CT molecular complexity index is 1360. The van der Waals surface area contributed by atoms with Crippen molar-refractivity contribution in [2.45, 2.75) is 13.1 Å². The van der Waals surface area contributed by atoms with Crippen LogP contribution in [-0.2, 0) is 18.0 Å². The number of hydrogen-bond acceptors (Lipinski definition) is 5. The van der Waals surface area contributed by atoms with Crippen LogP contribution < -0.4 is 20.7 Å². The third kappa shape index (κ3) is 6.87. The third-order valence-corrected chi connectivity index (χ3v) is 4.62. The van der Waals surface area contributed by atoms with E-state index in [4.69, 9.17) is 26.5 Å². The molecule has 0 bridgehead atoms. The summed E-state index contributed by atoms with van der Waals surface area (Å²) in [6, 6.07) is 9.19. The minimum Gasteiger partial charge on any atom is -0.511 e. The number of rotatable bonds is 6. The summed E-state index contributed by atoms with van der Waals surface area (Å²) < 4.78 is 65.8. The number of halogens is 5. The fourth-order valence-electron chi connectivity index (χ4n) is 2.82. The molecule has 7 nitrogen and oxygen atoms in total. The van der Waals surface area contributed by atoms with Crippen molar-refractivity contribution in [3.8, 4) is 22.9 Å². The van der Waals surface area contributed by atoms with Gasteiger partial charge in [0.15, 0.2) is 5.78 Å². The van der Waals surface area contributed by atoms with Gasteiger partial charge < -0.3 is 16.9 Å². The molecule has 194 valence electrons. The first kappa shape index (κ1) is 30.7. The van der Waals surface area contributed by atoms with Crippen LogP contribution in [0.4, 0.5) is 17.6 Å². The van der Waals surface area contributed by atoms with Gasteiger partial charge in [-0.2, -0.15) is 25.3 Å². The molecule has 1 heterocycles. The van der Waals surface area contributed by atoms with E-state index in [-0.39, 0.29) is 84.0 Å². The molecule has 0 unspecified atom stereocenters. The van der Waals surface area contributed by atoms with Crippen molar-refractivity contribution in [3.63, 3.8) is 0 Å². The number of ether oxygens (including phenoxy) is 2. The van der Waals surface area contributed by atoms with Gasteiger partial charge in [0.05, 0.1) is 22.2 Å². The average molecular weight is 667 g/mol. The van der Waals surface area contributed by atoms with E-state index in [1.807, 2.05) is 0 Å². The summed E-state index contributed by atoms with van der Waals surface area (Å²) in [4.78, 5) is 23.8. The van der Waals surface area contributed by atoms with Crippen molar-refractivity contribution in [1.82, 2.24) is 9.13 Å². The topological polar surface area (TPSA) is 86.3 Å². The number of Topliss-reactive ketones (excluding diaryl/α,β-unsaturated/α-hetero) is 1. The number of aromatic nitrogens is 2. The van der Waals surface area contributed by atoms with Gasteiger partial charge in [0.25, 0.3) is 0 Å². The summed E-state index contributed by atoms with van der Waals surface area (Å²) in [5.74, 6) is -1.32. The second-order valence-electron chi connectivity index (χ2n) is 6.79. The molecule has 3 rings (SSSR count). The van der Waals surface area contributed by atoms with E-state index in [0.29, 0.717) is 10.6 Å². The minimum atomic E-state index is -4.89. The van der Waals surface area contributed by atoms with Crippen molar-refractivity contribution in [3.05, 3.63) is 82.4 Å². The first-order valence-corrected chi connectivity index (χ1v) is 9.52. The van der Waals surface area contributed by atoms with Crippen molar-refractivity contribution in [2.24, 2.45) is 7.05 Å². The van der Waals surface area contributed by atoms with Crippen LogP contribution in [0.3, 0.4) is 0 Å². The Kier molecular flexibility index (Phi) is 10.6. The van der Waals surface area contributed by atoms with Gasteiger partial charge >= 0.3 is 11.9 Å². The van der Waals surface area contributed by atoms with Crippen LogP contribution in [0.5, 0.6) is 17.2 Å². The summed E-state index contributed by atoms with van der Waals surface area (Å²) in [7, 11) is 0.852. The van der Waals surface area contributed by atoms with Crippen LogP contribution in [0.1, 0.15) is 12.6 Å². The fraction of sp³-hybridized carbons (Fsp3) is 0.182.